The Labute approximate surface area is 173 Å². The van der Waals surface area contributed by atoms with Gasteiger partial charge in [-0.3, -0.25) is 4.79 Å². The van der Waals surface area contributed by atoms with Gasteiger partial charge in [0, 0.05) is 26.2 Å². The molecule has 4 heteroatoms. The van der Waals surface area contributed by atoms with Crippen LogP contribution in [-0.2, 0) is 17.6 Å². The fraction of sp³-hybridized carbons (Fsp3) is 0.480. The van der Waals surface area contributed by atoms with Crippen molar-refractivity contribution in [1.29, 1.82) is 0 Å². The average molecular weight is 393 g/mol. The van der Waals surface area contributed by atoms with Crippen molar-refractivity contribution in [2.75, 3.05) is 26.2 Å². The molecule has 1 unspecified atom stereocenters. The first kappa shape index (κ1) is 20.1. The molecule has 0 aromatic heterocycles. The van der Waals surface area contributed by atoms with Crippen molar-refractivity contribution in [2.45, 2.75) is 38.2 Å². The van der Waals surface area contributed by atoms with Crippen molar-refractivity contribution in [3.63, 3.8) is 0 Å². The smallest absolute Gasteiger partial charge is 0.231 e. The van der Waals surface area contributed by atoms with Crippen molar-refractivity contribution >= 4 is 5.91 Å². The van der Waals surface area contributed by atoms with Gasteiger partial charge in [0.2, 0.25) is 5.91 Å². The Hall–Kier alpha value is -2.17. The summed E-state index contributed by atoms with van der Waals surface area (Å²) in [5.41, 5.74) is 2.22. The second kappa shape index (κ2) is 9.10. The number of hydrogen-bond donors (Lipinski definition) is 2. The second-order valence-electron chi connectivity index (χ2n) is 8.77. The normalized spacial score (nSPS) is 20.1. The van der Waals surface area contributed by atoms with Crippen LogP contribution in [0.1, 0.15) is 30.4 Å². The van der Waals surface area contributed by atoms with E-state index in [1.165, 1.54) is 11.1 Å². The third kappa shape index (κ3) is 4.71. The maximum atomic E-state index is 13.3. The summed E-state index contributed by atoms with van der Waals surface area (Å²) in [6.45, 7) is 3.06. The summed E-state index contributed by atoms with van der Waals surface area (Å²) in [7, 11) is 0. The van der Waals surface area contributed by atoms with E-state index in [-0.39, 0.29) is 17.4 Å². The van der Waals surface area contributed by atoms with E-state index in [1.54, 1.807) is 0 Å². The zero-order valence-corrected chi connectivity index (χ0v) is 17.1. The highest BCUT2D eigenvalue weighted by molar-refractivity contribution is 5.85. The van der Waals surface area contributed by atoms with Crippen LogP contribution in [0.2, 0.25) is 0 Å². The van der Waals surface area contributed by atoms with Crippen LogP contribution in [-0.4, -0.2) is 48.2 Å². The third-order valence-electron chi connectivity index (χ3n) is 6.71. The van der Waals surface area contributed by atoms with E-state index in [9.17, 15) is 9.90 Å². The van der Waals surface area contributed by atoms with Crippen LogP contribution in [0.5, 0.6) is 0 Å². The molecule has 2 N–H and O–H groups in total. The number of piperidine rings is 1. The lowest BCUT2D eigenvalue weighted by molar-refractivity contribution is -0.147. The minimum atomic E-state index is -0.292. The average Bonchev–Trinajstić information content (AvgIpc) is 2.76. The highest BCUT2D eigenvalue weighted by Gasteiger charge is 2.47. The van der Waals surface area contributed by atoms with E-state index in [1.807, 2.05) is 41.3 Å². The van der Waals surface area contributed by atoms with E-state index in [4.69, 9.17) is 0 Å². The third-order valence-corrected chi connectivity index (χ3v) is 6.71. The van der Waals surface area contributed by atoms with Gasteiger partial charge in [0.15, 0.2) is 0 Å². The fourth-order valence-electron chi connectivity index (χ4n) is 4.78. The number of nitrogens with zero attached hydrogens (tertiary/aromatic N) is 1. The predicted octanol–water partition coefficient (Wildman–Crippen LogP) is 3.05. The topological polar surface area (TPSA) is 52.6 Å². The number of aryl methyl sites for hydroxylation is 1. The molecule has 2 aromatic carbocycles. The van der Waals surface area contributed by atoms with Crippen molar-refractivity contribution in [3.8, 4) is 0 Å². The van der Waals surface area contributed by atoms with Gasteiger partial charge < -0.3 is 15.3 Å². The lowest BCUT2D eigenvalue weighted by atomic mass is 9.74. The van der Waals surface area contributed by atoms with Crippen LogP contribution in [0.4, 0.5) is 0 Å². The van der Waals surface area contributed by atoms with E-state index in [0.29, 0.717) is 5.92 Å². The number of rotatable bonds is 7. The number of hydrogen-bond acceptors (Lipinski definition) is 3. The maximum Gasteiger partial charge on any atom is 0.231 e. The molecule has 2 saturated heterocycles. The van der Waals surface area contributed by atoms with Gasteiger partial charge in [0.1, 0.15) is 0 Å². The quantitative estimate of drug-likeness (QED) is 0.762. The predicted molar refractivity (Wildman–Crippen MR) is 116 cm³/mol. The Bertz CT molecular complexity index is 781. The van der Waals surface area contributed by atoms with E-state index in [2.05, 4.69) is 29.6 Å². The molecule has 154 valence electrons. The number of likely N-dealkylation sites (tertiary alicyclic amines) is 1. The molecule has 2 fully saturated rings. The monoisotopic (exact) mass is 392 g/mol. The van der Waals surface area contributed by atoms with Crippen LogP contribution < -0.4 is 5.32 Å². The molecule has 0 saturated carbocycles. The van der Waals surface area contributed by atoms with Gasteiger partial charge in [-0.25, -0.2) is 0 Å². The van der Waals surface area contributed by atoms with E-state index < -0.39 is 0 Å². The largest absolute Gasteiger partial charge is 0.393 e. The Kier molecular flexibility index (Phi) is 6.31. The maximum absolute atomic E-state index is 13.3. The summed E-state index contributed by atoms with van der Waals surface area (Å²) in [6.07, 6.45) is 4.03. The van der Waals surface area contributed by atoms with Gasteiger partial charge in [-0.1, -0.05) is 60.7 Å². The summed E-state index contributed by atoms with van der Waals surface area (Å²) >= 11 is 0. The van der Waals surface area contributed by atoms with Crippen LogP contribution in [0.15, 0.2) is 60.7 Å². The Balaban J connectivity index is 1.29. The molecule has 2 aliphatic rings. The first-order chi connectivity index (χ1) is 14.2. The van der Waals surface area contributed by atoms with Gasteiger partial charge in [-0.2, -0.15) is 0 Å². The van der Waals surface area contributed by atoms with Gasteiger partial charge in [-0.05, 0) is 49.1 Å². The molecule has 29 heavy (non-hydrogen) atoms. The fourth-order valence-corrected chi connectivity index (χ4v) is 4.78. The first-order valence-electron chi connectivity index (χ1n) is 10.9. The van der Waals surface area contributed by atoms with Gasteiger partial charge in [0.25, 0.3) is 0 Å². The number of aliphatic hydroxyl groups is 1. The molecule has 4 nitrogen and oxygen atoms in total. The number of carbonyl (C=O) groups is 1. The highest BCUT2D eigenvalue weighted by atomic mass is 16.3. The van der Waals surface area contributed by atoms with Crippen LogP contribution in [0.25, 0.3) is 0 Å². The number of amides is 1. The minimum Gasteiger partial charge on any atom is -0.393 e. The van der Waals surface area contributed by atoms with Crippen molar-refractivity contribution in [2.24, 2.45) is 11.3 Å². The Morgan fingerprint density at radius 3 is 2.14 bits per heavy atom. The van der Waals surface area contributed by atoms with Crippen molar-refractivity contribution < 1.29 is 9.90 Å². The zero-order valence-electron chi connectivity index (χ0n) is 17.1. The number of carbonyl (C=O) groups excluding carboxylic acids is 1. The van der Waals surface area contributed by atoms with E-state index in [0.717, 1.165) is 58.3 Å². The van der Waals surface area contributed by atoms with Gasteiger partial charge in [0.05, 0.1) is 11.5 Å². The van der Waals surface area contributed by atoms with Crippen LogP contribution in [0, 0.1) is 11.3 Å². The molecule has 0 bridgehead atoms. The number of aliphatic hydroxyl groups excluding tert-OH is 1. The summed E-state index contributed by atoms with van der Waals surface area (Å²) in [5, 5.41) is 14.0. The molecule has 0 spiro atoms. The second-order valence-corrected chi connectivity index (χ2v) is 8.77. The van der Waals surface area contributed by atoms with Crippen LogP contribution >= 0.6 is 0 Å². The lowest BCUT2D eigenvalue weighted by Crippen LogP contribution is -2.64. The number of nitrogens with one attached hydrogen (secondary N) is 1. The molecule has 0 aliphatic carbocycles. The molecule has 4 rings (SSSR count). The Morgan fingerprint density at radius 1 is 1.00 bits per heavy atom. The molecule has 1 amide bonds. The molecule has 2 aliphatic heterocycles. The first-order valence-corrected chi connectivity index (χ1v) is 10.9. The lowest BCUT2D eigenvalue weighted by Gasteiger charge is -2.46. The van der Waals surface area contributed by atoms with Gasteiger partial charge in [-0.15, -0.1) is 0 Å². The molecular weight excluding hydrogens is 360 g/mol. The molecule has 1 atom stereocenters. The molecule has 2 heterocycles. The molecular formula is C25H32N2O2. The number of benzene rings is 2. The Morgan fingerprint density at radius 2 is 1.59 bits per heavy atom. The minimum absolute atomic E-state index is 0.281. The van der Waals surface area contributed by atoms with Crippen LogP contribution in [0.3, 0.4) is 0 Å². The van der Waals surface area contributed by atoms with Crippen molar-refractivity contribution in [3.05, 3.63) is 71.8 Å². The summed E-state index contributed by atoms with van der Waals surface area (Å²) in [6, 6.07) is 20.7. The van der Waals surface area contributed by atoms with Gasteiger partial charge >= 0.3 is 0 Å². The summed E-state index contributed by atoms with van der Waals surface area (Å²) < 4.78 is 0. The summed E-state index contributed by atoms with van der Waals surface area (Å²) in [4.78, 5) is 15.4. The standard InChI is InChI=1S/C25H32N2O2/c28-23(12-11-20-7-3-1-4-8-20)22-13-15-27(16-14-22)24(29)25(18-26-19-25)17-21-9-5-2-6-10-21/h1-10,22-23,26,28H,11-19H2. The van der Waals surface area contributed by atoms with Crippen molar-refractivity contribution in [1.82, 2.24) is 10.2 Å². The van der Waals surface area contributed by atoms with E-state index >= 15 is 0 Å². The summed E-state index contributed by atoms with van der Waals surface area (Å²) in [5.74, 6) is 0.588. The molecule has 0 radical (unpaired) electrons. The SMILES string of the molecule is O=C(N1CCC(C(O)CCc2ccccc2)CC1)C1(Cc2ccccc2)CNC1. The zero-order chi connectivity index (χ0) is 20.1. The molecule has 2 aromatic rings. The highest BCUT2D eigenvalue weighted by Crippen LogP contribution is 2.33.